The van der Waals surface area contributed by atoms with E-state index in [-0.39, 0.29) is 7.12 Å². The van der Waals surface area contributed by atoms with E-state index < -0.39 is 0 Å². The second-order valence-electron chi connectivity index (χ2n) is 2.15. The summed E-state index contributed by atoms with van der Waals surface area (Å²) in [5.41, 5.74) is 4.10. The predicted octanol–water partition coefficient (Wildman–Crippen LogP) is 1.43. The molecule has 2 nitrogen and oxygen atoms in total. The van der Waals surface area contributed by atoms with Crippen molar-refractivity contribution < 1.29 is 9.31 Å². The zero-order chi connectivity index (χ0) is 7.98. The lowest BCUT2D eigenvalue weighted by Gasteiger charge is -1.99. The molecule has 56 valence electrons. The summed E-state index contributed by atoms with van der Waals surface area (Å²) < 4.78 is 9.79. The molecule has 0 N–H and O–H groups in total. The van der Waals surface area contributed by atoms with Gasteiger partial charge in [-0.15, -0.1) is 5.73 Å². The summed E-state index contributed by atoms with van der Waals surface area (Å²) in [6.07, 6.45) is 0. The first kappa shape index (κ1) is 9.50. The van der Waals surface area contributed by atoms with Gasteiger partial charge in [0.25, 0.3) is 0 Å². The van der Waals surface area contributed by atoms with Crippen LogP contribution >= 0.6 is 0 Å². The Bertz CT molecular complexity index is 140. The highest BCUT2D eigenvalue weighted by atomic mass is 16.6. The van der Waals surface area contributed by atoms with Gasteiger partial charge in [-0.25, -0.2) is 0 Å². The van der Waals surface area contributed by atoms with Crippen molar-refractivity contribution in [3.8, 4) is 0 Å². The summed E-state index contributed by atoms with van der Waals surface area (Å²) >= 11 is 0. The molecular weight excluding hydrogens is 127 g/mol. The van der Waals surface area contributed by atoms with Crippen LogP contribution in [0.4, 0.5) is 0 Å². The van der Waals surface area contributed by atoms with Gasteiger partial charge in [-0.3, -0.25) is 0 Å². The zero-order valence-electron chi connectivity index (χ0n) is 6.97. The van der Waals surface area contributed by atoms with Crippen molar-refractivity contribution >= 4 is 7.12 Å². The molecule has 0 aromatic carbocycles. The molecule has 0 radical (unpaired) electrons. The van der Waals surface area contributed by atoms with E-state index in [1.54, 1.807) is 20.2 Å². The Morgan fingerprint density at radius 3 is 2.10 bits per heavy atom. The van der Waals surface area contributed by atoms with Crippen LogP contribution in [0.15, 0.2) is 17.3 Å². The van der Waals surface area contributed by atoms with E-state index in [0.717, 1.165) is 5.57 Å². The maximum absolute atomic E-state index is 4.90. The quantitative estimate of drug-likeness (QED) is 0.436. The Hall–Kier alpha value is -0.495. The van der Waals surface area contributed by atoms with Crippen molar-refractivity contribution in [2.24, 2.45) is 0 Å². The lowest BCUT2D eigenvalue weighted by molar-refractivity contribution is 0.290. The number of allylic oxidation sites excluding steroid dienone is 1. The first-order valence-electron chi connectivity index (χ1n) is 3.16. The largest absolute Gasteiger partial charge is 0.493 e. The number of rotatable bonds is 3. The molecule has 0 aliphatic rings. The molecule has 0 aliphatic carbocycles. The van der Waals surface area contributed by atoms with Crippen LogP contribution in [0, 0.1) is 0 Å². The van der Waals surface area contributed by atoms with E-state index in [9.17, 15) is 0 Å². The minimum atomic E-state index is -0.269. The lowest BCUT2D eigenvalue weighted by Crippen LogP contribution is -2.15. The molecular formula is C7H13BO2. The van der Waals surface area contributed by atoms with Crippen molar-refractivity contribution in [1.29, 1.82) is 0 Å². The predicted molar refractivity (Wildman–Crippen MR) is 42.7 cm³/mol. The second kappa shape index (κ2) is 5.30. The zero-order valence-corrected chi connectivity index (χ0v) is 6.97. The fraction of sp³-hybridized carbons (Fsp3) is 0.571. The Morgan fingerprint density at radius 2 is 1.80 bits per heavy atom. The maximum atomic E-state index is 4.90. The topological polar surface area (TPSA) is 18.5 Å². The van der Waals surface area contributed by atoms with Gasteiger partial charge >= 0.3 is 7.12 Å². The van der Waals surface area contributed by atoms with Crippen molar-refractivity contribution in [2.75, 3.05) is 14.2 Å². The Labute approximate surface area is 62.7 Å². The Kier molecular flexibility index (Phi) is 5.04. The standard InChI is InChI=1S/C7H13BO2/c1-7(2)5-6-8(9-3)10-4/h6H,1-4H3. The summed E-state index contributed by atoms with van der Waals surface area (Å²) in [7, 11) is 2.92. The molecule has 0 amide bonds. The fourth-order valence-electron chi connectivity index (χ4n) is 0.467. The summed E-state index contributed by atoms with van der Waals surface area (Å²) in [6.45, 7) is 3.94. The van der Waals surface area contributed by atoms with Crippen molar-refractivity contribution in [3.05, 3.63) is 17.3 Å². The molecule has 0 saturated carbocycles. The molecule has 0 aliphatic heterocycles. The summed E-state index contributed by atoms with van der Waals surface area (Å²) in [5, 5.41) is 0. The van der Waals surface area contributed by atoms with Crippen LogP contribution in [-0.2, 0) is 9.31 Å². The van der Waals surface area contributed by atoms with Crippen LogP contribution in [0.5, 0.6) is 0 Å². The van der Waals surface area contributed by atoms with Gasteiger partial charge in [0.1, 0.15) is 0 Å². The normalized spacial score (nSPS) is 8.40. The molecule has 0 atom stereocenters. The molecule has 3 heteroatoms. The lowest BCUT2D eigenvalue weighted by atomic mass is 9.90. The maximum Gasteiger partial charge on any atom is 0.493 e. The van der Waals surface area contributed by atoms with E-state index >= 15 is 0 Å². The van der Waals surface area contributed by atoms with Gasteiger partial charge in [0, 0.05) is 14.2 Å². The van der Waals surface area contributed by atoms with Crippen LogP contribution in [0.1, 0.15) is 13.8 Å². The van der Waals surface area contributed by atoms with Crippen molar-refractivity contribution in [2.45, 2.75) is 13.8 Å². The minimum absolute atomic E-state index is 0.269. The average Bonchev–Trinajstić information content (AvgIpc) is 1.90. The first-order chi connectivity index (χ1) is 4.70. The van der Waals surface area contributed by atoms with Crippen LogP contribution in [0.3, 0.4) is 0 Å². The van der Waals surface area contributed by atoms with E-state index in [1.807, 2.05) is 13.8 Å². The summed E-state index contributed by atoms with van der Waals surface area (Å²) in [4.78, 5) is 0. The highest BCUT2D eigenvalue weighted by Crippen LogP contribution is 1.88. The fourth-order valence-corrected chi connectivity index (χ4v) is 0.467. The van der Waals surface area contributed by atoms with Gasteiger partial charge in [0.15, 0.2) is 0 Å². The average molecular weight is 140 g/mol. The van der Waals surface area contributed by atoms with Gasteiger partial charge in [-0.1, -0.05) is 0 Å². The van der Waals surface area contributed by atoms with Crippen molar-refractivity contribution in [1.82, 2.24) is 0 Å². The smallest absolute Gasteiger partial charge is 0.410 e. The van der Waals surface area contributed by atoms with Crippen LogP contribution in [0.25, 0.3) is 0 Å². The summed E-state index contributed by atoms with van der Waals surface area (Å²) in [5.74, 6) is 1.75. The molecule has 0 rings (SSSR count). The highest BCUT2D eigenvalue weighted by Gasteiger charge is 2.06. The molecule has 0 unspecified atom stereocenters. The Balaban J connectivity index is 3.96. The van der Waals surface area contributed by atoms with E-state index in [4.69, 9.17) is 9.31 Å². The molecule has 10 heavy (non-hydrogen) atoms. The molecule has 0 bridgehead atoms. The minimum Gasteiger partial charge on any atom is -0.410 e. The highest BCUT2D eigenvalue weighted by molar-refractivity contribution is 6.50. The van der Waals surface area contributed by atoms with Crippen molar-refractivity contribution in [3.63, 3.8) is 0 Å². The molecule has 0 heterocycles. The van der Waals surface area contributed by atoms with Crippen LogP contribution in [-0.4, -0.2) is 21.3 Å². The SMILES string of the molecule is COB(C=C=C(C)C)OC. The van der Waals surface area contributed by atoms with Crippen LogP contribution in [0.2, 0.25) is 0 Å². The third kappa shape index (κ3) is 4.39. The van der Waals surface area contributed by atoms with Gasteiger partial charge < -0.3 is 9.31 Å². The van der Waals surface area contributed by atoms with E-state index in [2.05, 4.69) is 5.73 Å². The first-order valence-corrected chi connectivity index (χ1v) is 3.16. The van der Waals surface area contributed by atoms with Gasteiger partial charge in [-0.2, -0.15) is 0 Å². The molecule has 0 spiro atoms. The molecule has 0 aromatic heterocycles. The van der Waals surface area contributed by atoms with Gasteiger partial charge in [0.2, 0.25) is 0 Å². The number of hydrogen-bond donors (Lipinski definition) is 0. The third-order valence-corrected chi connectivity index (χ3v) is 0.973. The molecule has 0 fully saturated rings. The van der Waals surface area contributed by atoms with E-state index in [1.165, 1.54) is 0 Å². The third-order valence-electron chi connectivity index (χ3n) is 0.973. The molecule has 0 saturated heterocycles. The Morgan fingerprint density at radius 1 is 1.30 bits per heavy atom. The van der Waals surface area contributed by atoms with Gasteiger partial charge in [-0.05, 0) is 25.4 Å². The van der Waals surface area contributed by atoms with Gasteiger partial charge in [0.05, 0.1) is 0 Å². The summed E-state index contributed by atoms with van der Waals surface area (Å²) in [6, 6.07) is 0. The van der Waals surface area contributed by atoms with Crippen LogP contribution < -0.4 is 0 Å². The second-order valence-corrected chi connectivity index (χ2v) is 2.15. The number of hydrogen-bond acceptors (Lipinski definition) is 2. The molecule has 0 aromatic rings. The van der Waals surface area contributed by atoms with E-state index in [0.29, 0.717) is 0 Å². The monoisotopic (exact) mass is 140 g/mol.